The van der Waals surface area contributed by atoms with Crippen LogP contribution >= 0.6 is 0 Å². The number of rotatable bonds is 8. The number of nitrogens with zero attached hydrogens (tertiary/aromatic N) is 2. The molecule has 3 N–H and O–H groups in total. The first kappa shape index (κ1) is 25.3. The molecule has 182 valence electrons. The number of carbonyl (C=O) groups is 2. The largest absolute Gasteiger partial charge is 0.396 e. The Bertz CT molecular complexity index is 1180. The summed E-state index contributed by atoms with van der Waals surface area (Å²) in [4.78, 5) is 26.0. The van der Waals surface area contributed by atoms with Crippen molar-refractivity contribution >= 4 is 22.7 Å². The highest BCUT2D eigenvalue weighted by Gasteiger charge is 2.34. The van der Waals surface area contributed by atoms with Gasteiger partial charge in [-0.15, -0.1) is 0 Å². The molecule has 0 aliphatic carbocycles. The highest BCUT2D eigenvalue weighted by Crippen LogP contribution is 2.26. The molecule has 0 radical (unpaired) electrons. The number of carbonyl (C=O) groups excluding carboxylic acids is 2. The van der Waals surface area contributed by atoms with Crippen LogP contribution in [0.3, 0.4) is 0 Å². The topological polar surface area (TPSA) is 96.2 Å². The van der Waals surface area contributed by atoms with E-state index in [-0.39, 0.29) is 42.6 Å². The maximum Gasteiger partial charge on any atom is 0.273 e. The molecule has 1 aromatic heterocycles. The summed E-state index contributed by atoms with van der Waals surface area (Å²) >= 11 is 0. The number of halogens is 2. The van der Waals surface area contributed by atoms with Crippen molar-refractivity contribution in [3.05, 3.63) is 64.9 Å². The molecule has 0 saturated heterocycles. The first-order chi connectivity index (χ1) is 16.0. The normalized spacial score (nSPS) is 12.6. The second kappa shape index (κ2) is 10.3. The van der Waals surface area contributed by atoms with Crippen LogP contribution in [0.2, 0.25) is 0 Å². The second-order valence-electron chi connectivity index (χ2n) is 9.37. The van der Waals surface area contributed by atoms with Crippen LogP contribution in [-0.4, -0.2) is 45.9 Å². The Hall–Kier alpha value is -3.33. The van der Waals surface area contributed by atoms with E-state index in [2.05, 4.69) is 15.7 Å². The van der Waals surface area contributed by atoms with Gasteiger partial charge in [-0.25, -0.2) is 8.78 Å². The fraction of sp³-hybridized carbons (Fsp3) is 0.400. The predicted molar refractivity (Wildman–Crippen MR) is 125 cm³/mol. The quantitative estimate of drug-likeness (QED) is 0.438. The number of aryl methyl sites for hydroxylation is 1. The summed E-state index contributed by atoms with van der Waals surface area (Å²) < 4.78 is 29.8. The molecule has 3 rings (SSSR count). The Kier molecular flexibility index (Phi) is 7.66. The van der Waals surface area contributed by atoms with Gasteiger partial charge in [-0.3, -0.25) is 14.3 Å². The number of amides is 2. The minimum atomic E-state index is -0.883. The number of hydrogen-bond donors (Lipinski definition) is 3. The van der Waals surface area contributed by atoms with Crippen molar-refractivity contribution in [1.29, 1.82) is 0 Å². The Balaban J connectivity index is 1.97. The first-order valence-electron chi connectivity index (χ1n) is 11.1. The van der Waals surface area contributed by atoms with Gasteiger partial charge in [-0.1, -0.05) is 39.0 Å². The average Bonchev–Trinajstić information content (AvgIpc) is 3.14. The van der Waals surface area contributed by atoms with Crippen molar-refractivity contribution in [2.24, 2.45) is 5.41 Å². The van der Waals surface area contributed by atoms with Crippen molar-refractivity contribution in [3.63, 3.8) is 0 Å². The van der Waals surface area contributed by atoms with Crippen molar-refractivity contribution < 1.29 is 23.5 Å². The third-order valence-corrected chi connectivity index (χ3v) is 5.54. The first-order valence-corrected chi connectivity index (χ1v) is 11.1. The summed E-state index contributed by atoms with van der Waals surface area (Å²) in [6.45, 7) is 7.42. The van der Waals surface area contributed by atoms with Crippen molar-refractivity contribution in [3.8, 4) is 0 Å². The molecule has 2 amide bonds. The van der Waals surface area contributed by atoms with E-state index in [9.17, 15) is 14.0 Å². The molecule has 0 fully saturated rings. The molecule has 1 heterocycles. The summed E-state index contributed by atoms with van der Waals surface area (Å²) in [7, 11) is 0. The van der Waals surface area contributed by atoms with E-state index < -0.39 is 23.2 Å². The van der Waals surface area contributed by atoms with Gasteiger partial charge in [0.2, 0.25) is 5.91 Å². The molecule has 0 saturated carbocycles. The van der Waals surface area contributed by atoms with Crippen molar-refractivity contribution in [2.75, 3.05) is 13.2 Å². The second-order valence-corrected chi connectivity index (χ2v) is 9.37. The molecule has 0 aliphatic heterocycles. The van der Waals surface area contributed by atoms with Crippen LogP contribution in [0, 0.1) is 24.0 Å². The predicted octanol–water partition coefficient (Wildman–Crippen LogP) is 3.31. The Morgan fingerprint density at radius 2 is 1.79 bits per heavy atom. The van der Waals surface area contributed by atoms with E-state index in [1.165, 1.54) is 16.8 Å². The Morgan fingerprint density at radius 3 is 2.41 bits per heavy atom. The van der Waals surface area contributed by atoms with Crippen molar-refractivity contribution in [1.82, 2.24) is 20.4 Å². The van der Waals surface area contributed by atoms with E-state index in [0.29, 0.717) is 22.9 Å². The minimum Gasteiger partial charge on any atom is -0.396 e. The van der Waals surface area contributed by atoms with Gasteiger partial charge in [0.05, 0.1) is 6.54 Å². The van der Waals surface area contributed by atoms with Gasteiger partial charge in [0.15, 0.2) is 11.5 Å². The number of benzene rings is 2. The van der Waals surface area contributed by atoms with E-state index in [4.69, 9.17) is 5.11 Å². The van der Waals surface area contributed by atoms with Crippen LogP contribution in [0.4, 0.5) is 8.78 Å². The SMILES string of the molecule is Cc1ccc2c(C(=O)NC(C(=O)NCCCO)C(C)(C)C)nn(Cc3ccc(F)cc3)c2c1F. The molecule has 2 aromatic carbocycles. The van der Waals surface area contributed by atoms with E-state index >= 15 is 4.39 Å². The zero-order chi connectivity index (χ0) is 25.0. The summed E-state index contributed by atoms with van der Waals surface area (Å²) in [5.41, 5.74) is 0.625. The van der Waals surface area contributed by atoms with Gasteiger partial charge >= 0.3 is 0 Å². The number of aromatic nitrogens is 2. The van der Waals surface area contributed by atoms with E-state index in [1.54, 1.807) is 31.2 Å². The number of nitrogens with one attached hydrogen (secondary N) is 2. The maximum absolute atomic E-state index is 15.1. The molecular formula is C25H30F2N4O3. The zero-order valence-electron chi connectivity index (χ0n) is 19.8. The van der Waals surface area contributed by atoms with Crippen LogP contribution < -0.4 is 10.6 Å². The molecule has 0 spiro atoms. The third kappa shape index (κ3) is 5.59. The average molecular weight is 473 g/mol. The van der Waals surface area contributed by atoms with Crippen molar-refractivity contribution in [2.45, 2.75) is 46.7 Å². The fourth-order valence-corrected chi connectivity index (χ4v) is 3.65. The lowest BCUT2D eigenvalue weighted by atomic mass is 9.86. The molecule has 7 nitrogen and oxygen atoms in total. The summed E-state index contributed by atoms with van der Waals surface area (Å²) in [5, 5.41) is 19.1. The lowest BCUT2D eigenvalue weighted by Gasteiger charge is -2.30. The standard InChI is InChI=1S/C25H30F2N4O3/c1-15-6-11-18-20(23(33)29-22(25(2,3)4)24(34)28-12-5-13-32)30-31(21(18)19(15)27)14-16-7-9-17(26)10-8-16/h6-11,22,32H,5,12-14H2,1-4H3,(H,28,34)(H,29,33). The molecule has 34 heavy (non-hydrogen) atoms. The number of aliphatic hydroxyl groups excluding tert-OH is 1. The summed E-state index contributed by atoms with van der Waals surface area (Å²) in [5.74, 6) is -1.88. The van der Waals surface area contributed by atoms with Crippen LogP contribution in [0.1, 0.15) is 48.8 Å². The number of aliphatic hydroxyl groups is 1. The molecule has 0 bridgehead atoms. The maximum atomic E-state index is 15.1. The molecule has 1 atom stereocenters. The van der Waals surface area contributed by atoms with Gasteiger partial charge in [-0.2, -0.15) is 5.10 Å². The highest BCUT2D eigenvalue weighted by molar-refractivity contribution is 6.06. The van der Waals surface area contributed by atoms with Crippen LogP contribution in [-0.2, 0) is 11.3 Å². The monoisotopic (exact) mass is 472 g/mol. The van der Waals surface area contributed by atoms with Gasteiger partial charge in [0, 0.05) is 18.5 Å². The van der Waals surface area contributed by atoms with Gasteiger partial charge < -0.3 is 15.7 Å². The van der Waals surface area contributed by atoms with Crippen LogP contribution in [0.25, 0.3) is 10.9 Å². The van der Waals surface area contributed by atoms with Crippen LogP contribution in [0.15, 0.2) is 36.4 Å². The zero-order valence-corrected chi connectivity index (χ0v) is 19.8. The Labute approximate surface area is 197 Å². The smallest absolute Gasteiger partial charge is 0.273 e. The lowest BCUT2D eigenvalue weighted by Crippen LogP contribution is -2.53. The van der Waals surface area contributed by atoms with Gasteiger partial charge in [0.25, 0.3) is 5.91 Å². The molecule has 3 aromatic rings. The number of fused-ring (bicyclic) bond motifs is 1. The molecule has 1 unspecified atom stereocenters. The highest BCUT2D eigenvalue weighted by atomic mass is 19.1. The Morgan fingerprint density at radius 1 is 1.12 bits per heavy atom. The molecule has 9 heteroatoms. The lowest BCUT2D eigenvalue weighted by molar-refractivity contribution is -0.125. The van der Waals surface area contributed by atoms with E-state index in [0.717, 1.165) is 0 Å². The minimum absolute atomic E-state index is 0.00609. The number of hydrogen-bond acceptors (Lipinski definition) is 4. The van der Waals surface area contributed by atoms with Crippen LogP contribution in [0.5, 0.6) is 0 Å². The third-order valence-electron chi connectivity index (χ3n) is 5.54. The molecule has 0 aliphatic rings. The fourth-order valence-electron chi connectivity index (χ4n) is 3.65. The summed E-state index contributed by atoms with van der Waals surface area (Å²) in [6, 6.07) is 8.07. The van der Waals surface area contributed by atoms with Gasteiger partial charge in [-0.05, 0) is 48.1 Å². The van der Waals surface area contributed by atoms with E-state index in [1.807, 2.05) is 20.8 Å². The summed E-state index contributed by atoms with van der Waals surface area (Å²) in [6.07, 6.45) is 0.396. The molecular weight excluding hydrogens is 442 g/mol. The van der Waals surface area contributed by atoms with Gasteiger partial charge in [0.1, 0.15) is 17.4 Å².